The number of aliphatic hydroxyl groups is 3. The molecule has 1 saturated heterocycles. The van der Waals surface area contributed by atoms with Crippen LogP contribution in [0.3, 0.4) is 0 Å². The third-order valence-corrected chi connectivity index (χ3v) is 5.23. The van der Waals surface area contributed by atoms with E-state index < -0.39 is 49.1 Å². The van der Waals surface area contributed by atoms with Crippen molar-refractivity contribution in [1.29, 1.82) is 0 Å². The van der Waals surface area contributed by atoms with Gasteiger partial charge in [-0.15, -0.1) is 0 Å². The van der Waals surface area contributed by atoms with Crippen molar-refractivity contribution in [3.8, 4) is 0 Å². The van der Waals surface area contributed by atoms with E-state index >= 15 is 0 Å². The average Bonchev–Trinajstić information content (AvgIpc) is 3.00. The highest BCUT2D eigenvalue weighted by atomic mass is 16.7. The van der Waals surface area contributed by atoms with Gasteiger partial charge in [-0.3, -0.25) is 14.5 Å². The molecule has 2 aliphatic rings. The Morgan fingerprint density at radius 1 is 0.897 bits per heavy atom. The standard InChI is InChI=1S/C21H21NO7/c23-10-15-17(24)18(25)16(21(29-15)28-11-12-6-2-1-3-7-12)22-19(26)13-8-4-5-9-14(13)20(22)27/h1-9,15-18,21,23-25H,10-11H2/t15-,16+,17-,18-,21+/m1/s1. The molecule has 2 aromatic carbocycles. The Hall–Kier alpha value is -2.62. The lowest BCUT2D eigenvalue weighted by Gasteiger charge is -2.44. The molecule has 0 bridgehead atoms. The number of hydrogen-bond donors (Lipinski definition) is 3. The second-order valence-corrected chi connectivity index (χ2v) is 7.02. The summed E-state index contributed by atoms with van der Waals surface area (Å²) in [6.45, 7) is -0.468. The number of ether oxygens (including phenoxy) is 2. The minimum absolute atomic E-state index is 0.0894. The molecule has 3 N–H and O–H groups in total. The highest BCUT2D eigenvalue weighted by molar-refractivity contribution is 6.21. The number of amides is 2. The summed E-state index contributed by atoms with van der Waals surface area (Å²) in [5, 5.41) is 30.5. The molecule has 5 atom stereocenters. The minimum Gasteiger partial charge on any atom is -0.394 e. The third-order valence-electron chi connectivity index (χ3n) is 5.23. The molecule has 2 aliphatic heterocycles. The van der Waals surface area contributed by atoms with Gasteiger partial charge in [-0.2, -0.15) is 0 Å². The smallest absolute Gasteiger partial charge is 0.262 e. The number of rotatable bonds is 5. The normalized spacial score (nSPS) is 29.2. The Balaban J connectivity index is 1.64. The van der Waals surface area contributed by atoms with E-state index in [4.69, 9.17) is 9.47 Å². The van der Waals surface area contributed by atoms with Crippen molar-refractivity contribution in [1.82, 2.24) is 4.90 Å². The number of carbonyl (C=O) groups is 2. The van der Waals surface area contributed by atoms with Crippen molar-refractivity contribution < 1.29 is 34.4 Å². The molecule has 152 valence electrons. The van der Waals surface area contributed by atoms with E-state index in [1.807, 2.05) is 30.3 Å². The van der Waals surface area contributed by atoms with Crippen LogP contribution in [0.15, 0.2) is 54.6 Å². The van der Waals surface area contributed by atoms with Crippen LogP contribution in [0, 0.1) is 0 Å². The quantitative estimate of drug-likeness (QED) is 0.620. The van der Waals surface area contributed by atoms with E-state index in [1.165, 1.54) is 12.1 Å². The van der Waals surface area contributed by atoms with Crippen molar-refractivity contribution >= 4 is 11.8 Å². The van der Waals surface area contributed by atoms with Crippen LogP contribution >= 0.6 is 0 Å². The monoisotopic (exact) mass is 399 g/mol. The fourth-order valence-electron chi connectivity index (χ4n) is 3.71. The lowest BCUT2D eigenvalue weighted by atomic mass is 9.95. The molecule has 0 spiro atoms. The van der Waals surface area contributed by atoms with Crippen molar-refractivity contribution in [2.75, 3.05) is 6.61 Å². The van der Waals surface area contributed by atoms with Crippen LogP contribution in [0.4, 0.5) is 0 Å². The van der Waals surface area contributed by atoms with E-state index in [1.54, 1.807) is 12.1 Å². The number of aliphatic hydroxyl groups excluding tert-OH is 3. The topological polar surface area (TPSA) is 117 Å². The first-order valence-corrected chi connectivity index (χ1v) is 9.28. The maximum Gasteiger partial charge on any atom is 0.262 e. The minimum atomic E-state index is -1.55. The molecule has 4 rings (SSSR count). The predicted octanol–water partition coefficient (Wildman–Crippen LogP) is 0.307. The fourth-order valence-corrected chi connectivity index (χ4v) is 3.71. The van der Waals surface area contributed by atoms with Gasteiger partial charge in [-0.1, -0.05) is 42.5 Å². The second-order valence-electron chi connectivity index (χ2n) is 7.02. The molecule has 0 radical (unpaired) electrons. The molecule has 2 aromatic rings. The number of carbonyl (C=O) groups excluding carboxylic acids is 2. The third kappa shape index (κ3) is 3.45. The van der Waals surface area contributed by atoms with E-state index in [-0.39, 0.29) is 17.7 Å². The van der Waals surface area contributed by atoms with Gasteiger partial charge < -0.3 is 24.8 Å². The first kappa shape index (κ1) is 19.7. The molecule has 1 fully saturated rings. The van der Waals surface area contributed by atoms with Crippen LogP contribution in [0.2, 0.25) is 0 Å². The molecule has 0 unspecified atom stereocenters. The summed E-state index contributed by atoms with van der Waals surface area (Å²) < 4.78 is 11.4. The zero-order valence-corrected chi connectivity index (χ0v) is 15.4. The summed E-state index contributed by atoms with van der Waals surface area (Å²) in [4.78, 5) is 26.6. The molecule has 8 nitrogen and oxygen atoms in total. The van der Waals surface area contributed by atoms with Crippen LogP contribution in [0.5, 0.6) is 0 Å². The highest BCUT2D eigenvalue weighted by Crippen LogP contribution is 2.32. The molecule has 2 amide bonds. The van der Waals surface area contributed by atoms with E-state index in [0.717, 1.165) is 10.5 Å². The predicted molar refractivity (Wildman–Crippen MR) is 99.7 cm³/mol. The molecule has 0 saturated carbocycles. The fraction of sp³-hybridized carbons (Fsp3) is 0.333. The first-order chi connectivity index (χ1) is 14.0. The van der Waals surface area contributed by atoms with Gasteiger partial charge in [0.2, 0.25) is 0 Å². The van der Waals surface area contributed by atoms with Gasteiger partial charge in [0.05, 0.1) is 24.3 Å². The molecular formula is C21H21NO7. The van der Waals surface area contributed by atoms with Gasteiger partial charge in [-0.25, -0.2) is 0 Å². The molecule has 29 heavy (non-hydrogen) atoms. The summed E-state index contributed by atoms with van der Waals surface area (Å²) in [5.74, 6) is -1.19. The summed E-state index contributed by atoms with van der Waals surface area (Å²) in [7, 11) is 0. The molecule has 0 aliphatic carbocycles. The van der Waals surface area contributed by atoms with Crippen LogP contribution in [-0.4, -0.2) is 69.3 Å². The van der Waals surface area contributed by atoms with Gasteiger partial charge in [0.1, 0.15) is 24.4 Å². The summed E-state index contributed by atoms with van der Waals surface area (Å²) >= 11 is 0. The summed E-state index contributed by atoms with van der Waals surface area (Å²) in [6, 6.07) is 14.2. The van der Waals surface area contributed by atoms with Crippen molar-refractivity contribution in [2.45, 2.75) is 37.3 Å². The Morgan fingerprint density at radius 2 is 1.48 bits per heavy atom. The summed E-state index contributed by atoms with van der Waals surface area (Å²) in [5.41, 5.74) is 1.24. The molecule has 8 heteroatoms. The zero-order valence-electron chi connectivity index (χ0n) is 15.4. The van der Waals surface area contributed by atoms with Crippen molar-refractivity contribution in [3.63, 3.8) is 0 Å². The second kappa shape index (κ2) is 8.02. The maximum atomic E-state index is 12.9. The van der Waals surface area contributed by atoms with Crippen molar-refractivity contribution in [3.05, 3.63) is 71.3 Å². The van der Waals surface area contributed by atoms with Crippen molar-refractivity contribution in [2.24, 2.45) is 0 Å². The number of fused-ring (bicyclic) bond motifs is 1. The van der Waals surface area contributed by atoms with Gasteiger partial charge in [0, 0.05) is 0 Å². The Labute approximate surface area is 166 Å². The molecule has 0 aromatic heterocycles. The molecule has 2 heterocycles. The summed E-state index contributed by atoms with van der Waals surface area (Å²) in [6.07, 6.45) is -5.39. The van der Waals surface area contributed by atoms with Crippen LogP contribution < -0.4 is 0 Å². The highest BCUT2D eigenvalue weighted by Gasteiger charge is 2.53. The van der Waals surface area contributed by atoms with E-state index in [2.05, 4.69) is 0 Å². The first-order valence-electron chi connectivity index (χ1n) is 9.28. The average molecular weight is 399 g/mol. The van der Waals surface area contributed by atoms with E-state index in [0.29, 0.717) is 0 Å². The van der Waals surface area contributed by atoms with Crippen LogP contribution in [0.1, 0.15) is 26.3 Å². The van der Waals surface area contributed by atoms with Gasteiger partial charge in [0.25, 0.3) is 11.8 Å². The van der Waals surface area contributed by atoms with Gasteiger partial charge >= 0.3 is 0 Å². The number of nitrogens with zero attached hydrogens (tertiary/aromatic N) is 1. The lowest BCUT2D eigenvalue weighted by molar-refractivity contribution is -0.282. The SMILES string of the molecule is O=C1c2ccccc2C(=O)N1[C@@H]1[C@@H](OCc2ccccc2)O[C@H](CO)[C@@H](O)[C@@H]1O. The van der Waals surface area contributed by atoms with Gasteiger partial charge in [-0.05, 0) is 17.7 Å². The van der Waals surface area contributed by atoms with Gasteiger partial charge in [0.15, 0.2) is 6.29 Å². The number of imide groups is 1. The number of hydrogen-bond acceptors (Lipinski definition) is 7. The van der Waals surface area contributed by atoms with E-state index in [9.17, 15) is 24.9 Å². The van der Waals surface area contributed by atoms with Crippen LogP contribution in [-0.2, 0) is 16.1 Å². The lowest BCUT2D eigenvalue weighted by Crippen LogP contribution is -2.65. The Morgan fingerprint density at radius 3 is 2.07 bits per heavy atom. The number of benzene rings is 2. The molecular weight excluding hydrogens is 378 g/mol. The maximum absolute atomic E-state index is 12.9. The van der Waals surface area contributed by atoms with Crippen LogP contribution in [0.25, 0.3) is 0 Å². The Kier molecular flexibility index (Phi) is 5.44. The Bertz CT molecular complexity index is 868. The zero-order chi connectivity index (χ0) is 20.5. The largest absolute Gasteiger partial charge is 0.394 e.